The molecule has 21 heavy (non-hydrogen) atoms. The number of carbonyl (C=O) groups excluding carboxylic acids is 1. The summed E-state index contributed by atoms with van der Waals surface area (Å²) in [4.78, 5) is 28.8. The first-order chi connectivity index (χ1) is 10.1. The summed E-state index contributed by atoms with van der Waals surface area (Å²) in [6, 6.07) is 12.7. The van der Waals surface area contributed by atoms with Crippen LogP contribution in [-0.2, 0) is 6.42 Å². The molecule has 2 aromatic rings. The molecule has 0 bridgehead atoms. The third-order valence-corrected chi connectivity index (χ3v) is 3.17. The Labute approximate surface area is 122 Å². The molecule has 1 amide bonds. The Morgan fingerprint density at radius 2 is 1.86 bits per heavy atom. The standard InChI is InChI=1S/C16H16N2O3/c1-18(11-9-12-6-3-2-4-7-12)15(19)14-13(16(20)21)8-5-10-17-14/h2-8,10H,9,11H2,1H3,(H,20,21). The normalized spacial score (nSPS) is 10.1. The summed E-state index contributed by atoms with van der Waals surface area (Å²) in [5, 5.41) is 9.09. The lowest BCUT2D eigenvalue weighted by atomic mass is 10.1. The SMILES string of the molecule is CN(CCc1ccccc1)C(=O)c1ncccc1C(=O)O. The van der Waals surface area contributed by atoms with Gasteiger partial charge in [0, 0.05) is 19.8 Å². The average molecular weight is 284 g/mol. The van der Waals surface area contributed by atoms with Crippen LogP contribution in [0.3, 0.4) is 0 Å². The van der Waals surface area contributed by atoms with Gasteiger partial charge in [-0.25, -0.2) is 4.79 Å². The third kappa shape index (κ3) is 3.66. The number of hydrogen-bond donors (Lipinski definition) is 1. The monoisotopic (exact) mass is 284 g/mol. The van der Waals surface area contributed by atoms with E-state index in [9.17, 15) is 9.59 Å². The number of carboxylic acids is 1. The van der Waals surface area contributed by atoms with Gasteiger partial charge in [-0.05, 0) is 24.1 Å². The highest BCUT2D eigenvalue weighted by Crippen LogP contribution is 2.09. The number of amides is 1. The molecule has 1 N–H and O–H groups in total. The maximum Gasteiger partial charge on any atom is 0.338 e. The van der Waals surface area contributed by atoms with Crippen LogP contribution in [0.2, 0.25) is 0 Å². The van der Waals surface area contributed by atoms with E-state index < -0.39 is 5.97 Å². The second-order valence-corrected chi connectivity index (χ2v) is 4.67. The Hall–Kier alpha value is -2.69. The first-order valence-corrected chi connectivity index (χ1v) is 6.57. The Morgan fingerprint density at radius 1 is 1.14 bits per heavy atom. The van der Waals surface area contributed by atoms with Gasteiger partial charge in [0.2, 0.25) is 0 Å². The van der Waals surface area contributed by atoms with Crippen LogP contribution in [0.5, 0.6) is 0 Å². The fourth-order valence-corrected chi connectivity index (χ4v) is 1.97. The van der Waals surface area contributed by atoms with Crippen molar-refractivity contribution in [3.8, 4) is 0 Å². The van der Waals surface area contributed by atoms with Crippen molar-refractivity contribution in [3.63, 3.8) is 0 Å². The fourth-order valence-electron chi connectivity index (χ4n) is 1.97. The van der Waals surface area contributed by atoms with Gasteiger partial charge in [0.25, 0.3) is 5.91 Å². The predicted octanol–water partition coefficient (Wildman–Crippen LogP) is 2.09. The quantitative estimate of drug-likeness (QED) is 0.912. The first kappa shape index (κ1) is 14.7. The summed E-state index contributed by atoms with van der Waals surface area (Å²) >= 11 is 0. The molecule has 0 aliphatic heterocycles. The molecule has 0 saturated carbocycles. The number of likely N-dealkylation sites (N-methyl/N-ethyl adjacent to an activating group) is 1. The van der Waals surface area contributed by atoms with Crippen molar-refractivity contribution in [3.05, 3.63) is 65.5 Å². The van der Waals surface area contributed by atoms with Crippen LogP contribution < -0.4 is 0 Å². The molecule has 2 rings (SSSR count). The van der Waals surface area contributed by atoms with Gasteiger partial charge in [-0.15, -0.1) is 0 Å². The van der Waals surface area contributed by atoms with E-state index in [0.29, 0.717) is 13.0 Å². The van der Waals surface area contributed by atoms with Crippen molar-refractivity contribution < 1.29 is 14.7 Å². The number of carbonyl (C=O) groups is 2. The molecule has 0 radical (unpaired) electrons. The Kier molecular flexibility index (Phi) is 4.66. The van der Waals surface area contributed by atoms with Gasteiger partial charge in [-0.1, -0.05) is 30.3 Å². The van der Waals surface area contributed by atoms with Crippen molar-refractivity contribution in [1.82, 2.24) is 9.88 Å². The van der Waals surface area contributed by atoms with Crippen LogP contribution >= 0.6 is 0 Å². The minimum atomic E-state index is -1.15. The van der Waals surface area contributed by atoms with E-state index in [4.69, 9.17) is 5.11 Å². The van der Waals surface area contributed by atoms with Gasteiger partial charge in [0.1, 0.15) is 5.69 Å². The molecule has 0 aliphatic rings. The lowest BCUT2D eigenvalue weighted by molar-refractivity contribution is 0.0679. The summed E-state index contributed by atoms with van der Waals surface area (Å²) in [5.74, 6) is -1.54. The van der Waals surface area contributed by atoms with Crippen LogP contribution in [0.25, 0.3) is 0 Å². The number of rotatable bonds is 5. The average Bonchev–Trinajstić information content (AvgIpc) is 2.52. The predicted molar refractivity (Wildman–Crippen MR) is 78.3 cm³/mol. The molecule has 0 spiro atoms. The zero-order valence-corrected chi connectivity index (χ0v) is 11.7. The van der Waals surface area contributed by atoms with Crippen LogP contribution in [-0.4, -0.2) is 40.5 Å². The van der Waals surface area contributed by atoms with Crippen LogP contribution in [0, 0.1) is 0 Å². The van der Waals surface area contributed by atoms with Crippen molar-refractivity contribution in [2.24, 2.45) is 0 Å². The molecule has 0 saturated heterocycles. The molecule has 0 fully saturated rings. The molecule has 1 aromatic heterocycles. The highest BCUT2D eigenvalue weighted by atomic mass is 16.4. The largest absolute Gasteiger partial charge is 0.478 e. The number of pyridine rings is 1. The summed E-state index contributed by atoms with van der Waals surface area (Å²) in [7, 11) is 1.64. The summed E-state index contributed by atoms with van der Waals surface area (Å²) in [5.41, 5.74) is 1.02. The van der Waals surface area contributed by atoms with Crippen LogP contribution in [0.15, 0.2) is 48.7 Å². The highest BCUT2D eigenvalue weighted by Gasteiger charge is 2.20. The fraction of sp³-hybridized carbons (Fsp3) is 0.188. The second kappa shape index (κ2) is 6.65. The first-order valence-electron chi connectivity index (χ1n) is 6.57. The topological polar surface area (TPSA) is 70.5 Å². The summed E-state index contributed by atoms with van der Waals surface area (Å²) < 4.78 is 0. The number of carboxylic acid groups (broad SMARTS) is 1. The molecule has 0 aliphatic carbocycles. The molecule has 108 valence electrons. The van der Waals surface area contributed by atoms with Crippen molar-refractivity contribution >= 4 is 11.9 Å². The van der Waals surface area contributed by atoms with Crippen molar-refractivity contribution in [1.29, 1.82) is 0 Å². The minimum Gasteiger partial charge on any atom is -0.478 e. The highest BCUT2D eigenvalue weighted by molar-refractivity contribution is 6.03. The van der Waals surface area contributed by atoms with Gasteiger partial charge in [0.05, 0.1) is 5.56 Å². The molecular weight excluding hydrogens is 268 g/mol. The smallest absolute Gasteiger partial charge is 0.338 e. The van der Waals surface area contributed by atoms with E-state index in [2.05, 4.69) is 4.98 Å². The number of hydrogen-bond acceptors (Lipinski definition) is 3. The Morgan fingerprint density at radius 3 is 2.52 bits per heavy atom. The van der Waals surface area contributed by atoms with E-state index in [0.717, 1.165) is 5.56 Å². The van der Waals surface area contributed by atoms with E-state index in [1.54, 1.807) is 7.05 Å². The van der Waals surface area contributed by atoms with Crippen LogP contribution in [0.4, 0.5) is 0 Å². The Balaban J connectivity index is 2.08. The molecule has 1 heterocycles. The van der Waals surface area contributed by atoms with E-state index in [-0.39, 0.29) is 17.2 Å². The maximum absolute atomic E-state index is 12.3. The van der Waals surface area contributed by atoms with Crippen LogP contribution in [0.1, 0.15) is 26.4 Å². The zero-order chi connectivity index (χ0) is 15.2. The van der Waals surface area contributed by atoms with Gasteiger partial charge in [0.15, 0.2) is 0 Å². The molecule has 1 aromatic carbocycles. The second-order valence-electron chi connectivity index (χ2n) is 4.67. The number of benzene rings is 1. The summed E-state index contributed by atoms with van der Waals surface area (Å²) in [6.07, 6.45) is 2.13. The number of aromatic nitrogens is 1. The molecule has 0 atom stereocenters. The van der Waals surface area contributed by atoms with Gasteiger partial charge in [-0.2, -0.15) is 0 Å². The van der Waals surface area contributed by atoms with E-state index >= 15 is 0 Å². The summed E-state index contributed by atoms with van der Waals surface area (Å²) in [6.45, 7) is 0.498. The minimum absolute atomic E-state index is 0.0273. The van der Waals surface area contributed by atoms with Gasteiger partial charge in [-0.3, -0.25) is 9.78 Å². The third-order valence-electron chi connectivity index (χ3n) is 3.17. The lowest BCUT2D eigenvalue weighted by Gasteiger charge is -2.17. The molecule has 0 unspecified atom stereocenters. The van der Waals surface area contributed by atoms with Crippen molar-refractivity contribution in [2.45, 2.75) is 6.42 Å². The van der Waals surface area contributed by atoms with Gasteiger partial charge >= 0.3 is 5.97 Å². The number of aromatic carboxylic acids is 1. The van der Waals surface area contributed by atoms with E-state index in [1.165, 1.54) is 23.2 Å². The van der Waals surface area contributed by atoms with Gasteiger partial charge < -0.3 is 10.0 Å². The Bertz CT molecular complexity index is 641. The molecule has 5 heteroatoms. The number of nitrogens with zero attached hydrogens (tertiary/aromatic N) is 2. The zero-order valence-electron chi connectivity index (χ0n) is 11.7. The van der Waals surface area contributed by atoms with E-state index in [1.807, 2.05) is 30.3 Å². The molecule has 5 nitrogen and oxygen atoms in total. The molecular formula is C16H16N2O3. The lowest BCUT2D eigenvalue weighted by Crippen LogP contribution is -2.31. The maximum atomic E-state index is 12.3. The van der Waals surface area contributed by atoms with Crippen molar-refractivity contribution in [2.75, 3.05) is 13.6 Å².